The van der Waals surface area contributed by atoms with Crippen molar-refractivity contribution in [2.24, 2.45) is 0 Å². The maximum atomic E-state index is 15.7. The molecule has 37 heavy (non-hydrogen) atoms. The van der Waals surface area contributed by atoms with Gasteiger partial charge in [-0.3, -0.25) is 0 Å². The van der Waals surface area contributed by atoms with Gasteiger partial charge in [0, 0.05) is 19.1 Å². The predicted molar refractivity (Wildman–Crippen MR) is 129 cm³/mol. The molecule has 198 valence electrons. The van der Waals surface area contributed by atoms with Crippen molar-refractivity contribution in [2.75, 3.05) is 23.3 Å². The Morgan fingerprint density at radius 2 is 1.59 bits per heavy atom. The molecule has 2 aromatic rings. The summed E-state index contributed by atoms with van der Waals surface area (Å²) in [6, 6.07) is 6.76. The quantitative estimate of drug-likeness (QED) is 0.322. The number of hydrogen-bond acceptors (Lipinski definition) is 7. The highest BCUT2D eigenvalue weighted by atomic mass is 19.2. The first kappa shape index (κ1) is 26.3. The Balaban J connectivity index is 1.60. The molecule has 1 atom stereocenters. The molecular weight excluding hydrogens is 491 g/mol. The fraction of sp³-hybridized carbons (Fsp3) is 0.423. The Labute approximate surface area is 212 Å². The molecule has 1 amide bonds. The molecule has 11 heteroatoms. The summed E-state index contributed by atoms with van der Waals surface area (Å²) in [5, 5.41) is 5.38. The van der Waals surface area contributed by atoms with E-state index in [-0.39, 0.29) is 24.7 Å². The van der Waals surface area contributed by atoms with E-state index in [4.69, 9.17) is 9.47 Å². The van der Waals surface area contributed by atoms with Gasteiger partial charge in [-0.15, -0.1) is 0 Å². The number of ether oxygens (including phenoxy) is 2. The number of nitrogens with one attached hydrogen (secondary N) is 2. The third-order valence-corrected chi connectivity index (χ3v) is 5.85. The lowest BCUT2D eigenvalue weighted by Gasteiger charge is -2.24. The highest BCUT2D eigenvalue weighted by Gasteiger charge is 2.37. The topological polar surface area (TPSA) is 97.0 Å². The molecule has 1 saturated carbocycles. The third kappa shape index (κ3) is 6.15. The van der Waals surface area contributed by atoms with Crippen molar-refractivity contribution in [1.82, 2.24) is 5.32 Å². The number of amides is 1. The maximum absolute atomic E-state index is 15.7. The molecule has 1 saturated heterocycles. The summed E-state index contributed by atoms with van der Waals surface area (Å²) in [7, 11) is 0. The highest BCUT2D eigenvalue weighted by Crippen LogP contribution is 2.39. The summed E-state index contributed by atoms with van der Waals surface area (Å²) >= 11 is 0. The SMILES string of the molecule is CC(C)(C)OC(=O)NC1CCN(c2c(F)c(F)c(C(=O)OC(=O)c3ccccc3)c(NC3CC3)c2F)C1. The highest BCUT2D eigenvalue weighted by molar-refractivity contribution is 6.06. The number of nitrogens with zero attached hydrogens (tertiary/aromatic N) is 1. The fourth-order valence-corrected chi connectivity index (χ4v) is 4.01. The molecule has 0 bridgehead atoms. The van der Waals surface area contributed by atoms with Gasteiger partial charge in [0.1, 0.15) is 16.9 Å². The minimum Gasteiger partial charge on any atom is -0.444 e. The summed E-state index contributed by atoms with van der Waals surface area (Å²) < 4.78 is 56.3. The van der Waals surface area contributed by atoms with Gasteiger partial charge in [0.15, 0.2) is 17.5 Å². The fourth-order valence-electron chi connectivity index (χ4n) is 4.01. The number of carbonyl (C=O) groups excluding carboxylic acids is 3. The van der Waals surface area contributed by atoms with Crippen LogP contribution in [-0.2, 0) is 9.47 Å². The van der Waals surface area contributed by atoms with Crippen LogP contribution in [0.4, 0.5) is 29.3 Å². The van der Waals surface area contributed by atoms with Crippen LogP contribution in [0.1, 0.15) is 60.7 Å². The van der Waals surface area contributed by atoms with E-state index in [1.165, 1.54) is 29.2 Å². The van der Waals surface area contributed by atoms with E-state index >= 15 is 13.2 Å². The van der Waals surface area contributed by atoms with Crippen molar-refractivity contribution in [3.8, 4) is 0 Å². The number of benzene rings is 2. The van der Waals surface area contributed by atoms with Crippen LogP contribution in [0.5, 0.6) is 0 Å². The number of hydrogen-bond donors (Lipinski definition) is 2. The van der Waals surface area contributed by atoms with Gasteiger partial charge >= 0.3 is 18.0 Å². The lowest BCUT2D eigenvalue weighted by molar-refractivity contribution is 0.0392. The first-order chi connectivity index (χ1) is 17.4. The van der Waals surface area contributed by atoms with Crippen LogP contribution in [0.15, 0.2) is 30.3 Å². The van der Waals surface area contributed by atoms with E-state index in [1.54, 1.807) is 26.8 Å². The summed E-state index contributed by atoms with van der Waals surface area (Å²) in [5.74, 6) is -6.99. The van der Waals surface area contributed by atoms with Gasteiger partial charge in [0.25, 0.3) is 0 Å². The summed E-state index contributed by atoms with van der Waals surface area (Å²) in [6.07, 6.45) is 0.956. The molecule has 1 aliphatic carbocycles. The Morgan fingerprint density at radius 1 is 0.919 bits per heavy atom. The van der Waals surface area contributed by atoms with Crippen molar-refractivity contribution >= 4 is 29.4 Å². The molecule has 2 fully saturated rings. The molecule has 1 heterocycles. The van der Waals surface area contributed by atoms with Crippen LogP contribution in [0, 0.1) is 17.5 Å². The standard InChI is InChI=1S/C26H28F3N3O5/c1-26(2,3)37-25(35)31-16-11-12-32(13-16)22-19(28)18(27)17(21(20(22)29)30-15-9-10-15)24(34)36-23(33)14-7-5-4-6-8-14/h4-8,15-16,30H,9-13H2,1-3H3,(H,31,35). The molecule has 2 N–H and O–H groups in total. The van der Waals surface area contributed by atoms with Gasteiger partial charge in [-0.2, -0.15) is 0 Å². The Bertz CT molecular complexity index is 1210. The second kappa shape index (κ2) is 10.3. The average Bonchev–Trinajstić information content (AvgIpc) is 3.53. The Hall–Kier alpha value is -3.76. The zero-order chi connectivity index (χ0) is 26.9. The monoisotopic (exact) mass is 519 g/mol. The largest absolute Gasteiger partial charge is 0.444 e. The summed E-state index contributed by atoms with van der Waals surface area (Å²) in [6.45, 7) is 5.22. The summed E-state index contributed by atoms with van der Waals surface area (Å²) in [4.78, 5) is 38.4. The smallest absolute Gasteiger partial charge is 0.407 e. The van der Waals surface area contributed by atoms with Crippen LogP contribution < -0.4 is 15.5 Å². The summed E-state index contributed by atoms with van der Waals surface area (Å²) in [5.41, 5.74) is -2.95. The van der Waals surface area contributed by atoms with Crippen molar-refractivity contribution in [3.63, 3.8) is 0 Å². The normalized spacial score (nSPS) is 17.4. The van der Waals surface area contributed by atoms with Gasteiger partial charge in [-0.25, -0.2) is 27.6 Å². The molecule has 0 radical (unpaired) electrons. The van der Waals surface area contributed by atoms with Gasteiger partial charge in [-0.05, 0) is 52.2 Å². The second-order valence-corrected chi connectivity index (χ2v) is 10.1. The first-order valence-electron chi connectivity index (χ1n) is 12.0. The average molecular weight is 520 g/mol. The van der Waals surface area contributed by atoms with Gasteiger partial charge in [-0.1, -0.05) is 18.2 Å². The number of halogens is 3. The van der Waals surface area contributed by atoms with Crippen molar-refractivity contribution in [2.45, 2.75) is 57.7 Å². The van der Waals surface area contributed by atoms with E-state index in [1.807, 2.05) is 0 Å². The molecule has 1 unspecified atom stereocenters. The second-order valence-electron chi connectivity index (χ2n) is 10.1. The first-order valence-corrected chi connectivity index (χ1v) is 12.0. The minimum absolute atomic E-state index is 0.00826. The van der Waals surface area contributed by atoms with E-state index in [0.717, 1.165) is 0 Å². The molecule has 2 aromatic carbocycles. The molecule has 0 aromatic heterocycles. The molecule has 4 rings (SSSR count). The van der Waals surface area contributed by atoms with Gasteiger partial charge in [0.05, 0.1) is 17.3 Å². The predicted octanol–water partition coefficient (Wildman–Crippen LogP) is 4.78. The lowest BCUT2D eigenvalue weighted by atomic mass is 10.1. The van der Waals surface area contributed by atoms with Crippen molar-refractivity contribution in [1.29, 1.82) is 0 Å². The van der Waals surface area contributed by atoms with E-state index in [2.05, 4.69) is 10.6 Å². The molecule has 1 aliphatic heterocycles. The van der Waals surface area contributed by atoms with Gasteiger partial charge < -0.3 is 25.0 Å². The van der Waals surface area contributed by atoms with E-state index < -0.39 is 64.1 Å². The van der Waals surface area contributed by atoms with Crippen molar-refractivity contribution < 1.29 is 37.0 Å². The Kier molecular flexibility index (Phi) is 7.33. The van der Waals surface area contributed by atoms with E-state index in [0.29, 0.717) is 19.3 Å². The molecular formula is C26H28F3N3O5. The molecule has 0 spiro atoms. The zero-order valence-electron chi connectivity index (χ0n) is 20.7. The van der Waals surface area contributed by atoms with Crippen LogP contribution >= 0.6 is 0 Å². The number of rotatable bonds is 6. The van der Waals surface area contributed by atoms with E-state index in [9.17, 15) is 14.4 Å². The number of anilines is 2. The zero-order valence-corrected chi connectivity index (χ0v) is 20.7. The molecule has 2 aliphatic rings. The third-order valence-electron chi connectivity index (χ3n) is 5.85. The lowest BCUT2D eigenvalue weighted by Crippen LogP contribution is -2.40. The number of esters is 2. The number of carbonyl (C=O) groups is 3. The van der Waals surface area contributed by atoms with Crippen LogP contribution in [0.2, 0.25) is 0 Å². The number of alkyl carbamates (subject to hydrolysis) is 1. The van der Waals surface area contributed by atoms with Gasteiger partial charge in [0.2, 0.25) is 0 Å². The van der Waals surface area contributed by atoms with Crippen LogP contribution in [0.3, 0.4) is 0 Å². The Morgan fingerprint density at radius 3 is 2.22 bits per heavy atom. The van der Waals surface area contributed by atoms with Crippen LogP contribution in [0.25, 0.3) is 0 Å². The molecule has 8 nitrogen and oxygen atoms in total. The van der Waals surface area contributed by atoms with Crippen molar-refractivity contribution in [3.05, 3.63) is 58.9 Å². The van der Waals surface area contributed by atoms with Crippen LogP contribution in [-0.4, -0.2) is 48.8 Å². The maximum Gasteiger partial charge on any atom is 0.407 e. The minimum atomic E-state index is -1.63.